The van der Waals surface area contributed by atoms with Gasteiger partial charge in [0.05, 0.1) is 10.9 Å². The van der Waals surface area contributed by atoms with E-state index in [1.54, 1.807) is 18.2 Å². The molecule has 0 unspecified atom stereocenters. The largest absolute Gasteiger partial charge is 0.426 e. The Hall–Kier alpha value is -4.19. The fourth-order valence-corrected chi connectivity index (χ4v) is 3.64. The molecule has 6 heteroatoms. The monoisotopic (exact) mass is 426 g/mol. The number of nitrogens with one attached hydrogen (secondary N) is 1. The van der Waals surface area contributed by atoms with Gasteiger partial charge in [-0.15, -0.1) is 0 Å². The van der Waals surface area contributed by atoms with Crippen LogP contribution in [0.1, 0.15) is 28.4 Å². The molecule has 0 bridgehead atoms. The minimum Gasteiger partial charge on any atom is -0.426 e. The predicted octanol–water partition coefficient (Wildman–Crippen LogP) is 4.50. The van der Waals surface area contributed by atoms with Gasteiger partial charge in [-0.3, -0.25) is 14.4 Å². The predicted molar refractivity (Wildman–Crippen MR) is 121 cm³/mol. The lowest BCUT2D eigenvalue weighted by molar-refractivity contribution is -0.131. The Morgan fingerprint density at radius 3 is 1.97 bits per heavy atom. The van der Waals surface area contributed by atoms with Gasteiger partial charge >= 0.3 is 5.97 Å². The molecule has 4 rings (SSSR count). The second kappa shape index (κ2) is 9.31. The van der Waals surface area contributed by atoms with Gasteiger partial charge in [0.2, 0.25) is 0 Å². The molecule has 0 spiro atoms. The lowest BCUT2D eigenvalue weighted by atomic mass is 10.1. The van der Waals surface area contributed by atoms with E-state index < -0.39 is 17.7 Å². The zero-order valence-corrected chi connectivity index (χ0v) is 17.6. The van der Waals surface area contributed by atoms with Crippen molar-refractivity contribution in [1.82, 2.24) is 9.88 Å². The smallest absolute Gasteiger partial charge is 0.308 e. The zero-order chi connectivity index (χ0) is 22.5. The molecule has 0 aliphatic rings. The zero-order valence-electron chi connectivity index (χ0n) is 17.6. The average molecular weight is 426 g/mol. The third-order valence-electron chi connectivity index (χ3n) is 5.08. The first-order valence-corrected chi connectivity index (χ1v) is 10.2. The van der Waals surface area contributed by atoms with Crippen LogP contribution in [-0.4, -0.2) is 27.5 Å². The van der Waals surface area contributed by atoms with Crippen molar-refractivity contribution in [2.45, 2.75) is 20.0 Å². The highest BCUT2D eigenvalue weighted by Crippen LogP contribution is 2.30. The molecular weight excluding hydrogens is 404 g/mol. The van der Waals surface area contributed by atoms with Crippen molar-refractivity contribution in [3.63, 3.8) is 0 Å². The summed E-state index contributed by atoms with van der Waals surface area (Å²) < 4.78 is 5.27. The first kappa shape index (κ1) is 21.1. The normalized spacial score (nSPS) is 10.7. The van der Waals surface area contributed by atoms with Crippen LogP contribution in [0, 0.1) is 0 Å². The molecule has 3 aromatic carbocycles. The standard InChI is InChI=1S/C26H22N2O4/c1-18(29)32-23-14-8-13-22-24(23)21(15-27-22)25(30)26(31)28(16-19-9-4-2-5-10-19)17-20-11-6-3-7-12-20/h2-15,27H,16-17H2,1H3. The summed E-state index contributed by atoms with van der Waals surface area (Å²) in [6.07, 6.45) is 1.49. The number of Topliss-reactive ketones (excluding diaryl/α,β-unsaturated/α-hetero) is 1. The Labute approximate surface area is 185 Å². The van der Waals surface area contributed by atoms with Gasteiger partial charge in [-0.05, 0) is 23.3 Å². The van der Waals surface area contributed by atoms with Crippen LogP contribution in [0.4, 0.5) is 0 Å². The maximum absolute atomic E-state index is 13.4. The van der Waals surface area contributed by atoms with Crippen molar-refractivity contribution in [3.05, 3.63) is 102 Å². The molecule has 4 aromatic rings. The molecular formula is C26H22N2O4. The molecule has 0 aliphatic heterocycles. The van der Waals surface area contributed by atoms with Gasteiger partial charge in [0.25, 0.3) is 11.7 Å². The van der Waals surface area contributed by atoms with Crippen molar-refractivity contribution in [3.8, 4) is 5.75 Å². The molecule has 160 valence electrons. The van der Waals surface area contributed by atoms with E-state index in [1.807, 2.05) is 60.7 Å². The highest BCUT2D eigenvalue weighted by molar-refractivity contribution is 6.45. The van der Waals surface area contributed by atoms with Crippen LogP contribution in [0.25, 0.3) is 10.9 Å². The molecule has 0 saturated carbocycles. The number of aromatic nitrogens is 1. The van der Waals surface area contributed by atoms with Gasteiger partial charge in [-0.1, -0.05) is 66.7 Å². The van der Waals surface area contributed by atoms with E-state index in [0.29, 0.717) is 24.0 Å². The summed E-state index contributed by atoms with van der Waals surface area (Å²) >= 11 is 0. The van der Waals surface area contributed by atoms with Crippen LogP contribution >= 0.6 is 0 Å². The number of nitrogens with zero attached hydrogens (tertiary/aromatic N) is 1. The summed E-state index contributed by atoms with van der Waals surface area (Å²) in [6.45, 7) is 1.87. The Morgan fingerprint density at radius 1 is 0.812 bits per heavy atom. The number of fused-ring (bicyclic) bond motifs is 1. The van der Waals surface area contributed by atoms with E-state index in [4.69, 9.17) is 4.74 Å². The van der Waals surface area contributed by atoms with E-state index in [0.717, 1.165) is 11.1 Å². The van der Waals surface area contributed by atoms with Gasteiger partial charge < -0.3 is 14.6 Å². The number of rotatable bonds is 7. The first-order chi connectivity index (χ1) is 15.5. The maximum Gasteiger partial charge on any atom is 0.308 e. The van der Waals surface area contributed by atoms with Crippen LogP contribution in [0.2, 0.25) is 0 Å². The fourth-order valence-electron chi connectivity index (χ4n) is 3.64. The number of esters is 1. The van der Waals surface area contributed by atoms with Crippen molar-refractivity contribution in [1.29, 1.82) is 0 Å². The first-order valence-electron chi connectivity index (χ1n) is 10.2. The molecule has 1 aromatic heterocycles. The second-order valence-corrected chi connectivity index (χ2v) is 7.44. The van der Waals surface area contributed by atoms with E-state index in [9.17, 15) is 14.4 Å². The van der Waals surface area contributed by atoms with Gasteiger partial charge in [0.1, 0.15) is 5.75 Å². The van der Waals surface area contributed by atoms with Crippen LogP contribution < -0.4 is 4.74 Å². The highest BCUT2D eigenvalue weighted by Gasteiger charge is 2.27. The Bertz CT molecular complexity index is 1220. The molecule has 1 amide bonds. The Balaban J connectivity index is 1.69. The SMILES string of the molecule is CC(=O)Oc1cccc2[nH]cc(C(=O)C(=O)N(Cc3ccccc3)Cc3ccccc3)c12. The molecule has 0 aliphatic carbocycles. The minimum absolute atomic E-state index is 0.174. The van der Waals surface area contributed by atoms with Crippen molar-refractivity contribution >= 4 is 28.6 Å². The number of aromatic amines is 1. The topological polar surface area (TPSA) is 79.5 Å². The van der Waals surface area contributed by atoms with Crippen LogP contribution in [0.3, 0.4) is 0 Å². The van der Waals surface area contributed by atoms with Crippen molar-refractivity contribution in [2.24, 2.45) is 0 Å². The van der Waals surface area contributed by atoms with E-state index in [2.05, 4.69) is 4.98 Å². The van der Waals surface area contributed by atoms with Crippen LogP contribution in [-0.2, 0) is 22.7 Å². The fraction of sp³-hybridized carbons (Fsp3) is 0.115. The number of amides is 1. The third kappa shape index (κ3) is 4.59. The van der Waals surface area contributed by atoms with E-state index in [-0.39, 0.29) is 11.3 Å². The van der Waals surface area contributed by atoms with Gasteiger partial charge in [0, 0.05) is 31.7 Å². The second-order valence-electron chi connectivity index (χ2n) is 7.44. The summed E-state index contributed by atoms with van der Waals surface area (Å²) in [5.41, 5.74) is 2.62. The Kier molecular flexibility index (Phi) is 6.12. The average Bonchev–Trinajstić information content (AvgIpc) is 3.24. The quantitative estimate of drug-likeness (QED) is 0.204. The van der Waals surface area contributed by atoms with Crippen molar-refractivity contribution in [2.75, 3.05) is 0 Å². The van der Waals surface area contributed by atoms with E-state index >= 15 is 0 Å². The van der Waals surface area contributed by atoms with Crippen LogP contribution in [0.5, 0.6) is 5.75 Å². The molecule has 32 heavy (non-hydrogen) atoms. The maximum atomic E-state index is 13.4. The number of carbonyl (C=O) groups is 3. The number of hydrogen-bond acceptors (Lipinski definition) is 4. The molecule has 1 N–H and O–H groups in total. The Morgan fingerprint density at radius 2 is 1.41 bits per heavy atom. The summed E-state index contributed by atoms with van der Waals surface area (Å²) in [4.78, 5) is 42.7. The summed E-state index contributed by atoms with van der Waals surface area (Å²) in [5.74, 6) is -1.55. The molecule has 0 saturated heterocycles. The number of benzene rings is 3. The van der Waals surface area contributed by atoms with Crippen molar-refractivity contribution < 1.29 is 19.1 Å². The number of H-pyrrole nitrogens is 1. The highest BCUT2D eigenvalue weighted by atomic mass is 16.5. The molecule has 0 radical (unpaired) electrons. The summed E-state index contributed by atoms with van der Waals surface area (Å²) in [7, 11) is 0. The molecule has 0 atom stereocenters. The lowest BCUT2D eigenvalue weighted by Crippen LogP contribution is -2.35. The molecule has 0 fully saturated rings. The van der Waals surface area contributed by atoms with Crippen LogP contribution in [0.15, 0.2) is 85.1 Å². The molecule has 1 heterocycles. The van der Waals surface area contributed by atoms with Gasteiger partial charge in [-0.2, -0.15) is 0 Å². The van der Waals surface area contributed by atoms with Gasteiger partial charge in [-0.25, -0.2) is 0 Å². The number of carbonyl (C=O) groups excluding carboxylic acids is 3. The molecule has 6 nitrogen and oxygen atoms in total. The lowest BCUT2D eigenvalue weighted by Gasteiger charge is -2.22. The number of ether oxygens (including phenoxy) is 1. The van der Waals surface area contributed by atoms with E-state index in [1.165, 1.54) is 18.0 Å². The van der Waals surface area contributed by atoms with Gasteiger partial charge in [0.15, 0.2) is 0 Å². The summed E-state index contributed by atoms with van der Waals surface area (Å²) in [6, 6.07) is 24.1. The number of hydrogen-bond donors (Lipinski definition) is 1. The third-order valence-corrected chi connectivity index (χ3v) is 5.08. The summed E-state index contributed by atoms with van der Waals surface area (Å²) in [5, 5.41) is 0.417. The minimum atomic E-state index is -0.664. The number of ketones is 1.